The smallest absolute Gasteiger partial charge is 0.332 e. The molecule has 1 unspecified atom stereocenters. The van der Waals surface area contributed by atoms with Crippen LogP contribution in [0.1, 0.15) is 35.6 Å². The van der Waals surface area contributed by atoms with Crippen molar-refractivity contribution >= 4 is 5.82 Å². The summed E-state index contributed by atoms with van der Waals surface area (Å²) in [5, 5.41) is 9.49. The molecule has 1 saturated heterocycles. The first-order valence-corrected chi connectivity index (χ1v) is 7.99. The van der Waals surface area contributed by atoms with Crippen LogP contribution < -0.4 is 16.1 Å². The van der Waals surface area contributed by atoms with Crippen LogP contribution in [0.2, 0.25) is 0 Å². The molecular formula is C18H20N4O2. The van der Waals surface area contributed by atoms with E-state index in [1.54, 1.807) is 7.05 Å². The summed E-state index contributed by atoms with van der Waals surface area (Å²) in [6, 6.07) is 10.3. The zero-order valence-electron chi connectivity index (χ0n) is 14.1. The maximum atomic E-state index is 12.3. The molecule has 0 amide bonds. The van der Waals surface area contributed by atoms with Gasteiger partial charge in [0.05, 0.1) is 6.04 Å². The molecule has 2 heterocycles. The van der Waals surface area contributed by atoms with E-state index < -0.39 is 11.2 Å². The second kappa shape index (κ2) is 6.00. The Balaban J connectivity index is 2.18. The van der Waals surface area contributed by atoms with E-state index in [1.807, 2.05) is 17.9 Å². The van der Waals surface area contributed by atoms with E-state index in [4.69, 9.17) is 0 Å². The number of anilines is 1. The third kappa shape index (κ3) is 2.42. The fraction of sp³-hybridized carbons (Fsp3) is 0.389. The van der Waals surface area contributed by atoms with E-state index in [9.17, 15) is 14.9 Å². The van der Waals surface area contributed by atoms with Crippen LogP contribution in [0.25, 0.3) is 0 Å². The van der Waals surface area contributed by atoms with Crippen molar-refractivity contribution in [3.8, 4) is 6.07 Å². The van der Waals surface area contributed by atoms with Crippen molar-refractivity contribution in [1.82, 2.24) is 9.13 Å². The van der Waals surface area contributed by atoms with Crippen LogP contribution in [0.5, 0.6) is 0 Å². The van der Waals surface area contributed by atoms with Gasteiger partial charge < -0.3 is 4.90 Å². The summed E-state index contributed by atoms with van der Waals surface area (Å²) in [5.74, 6) is 0.425. The third-order valence-electron chi connectivity index (χ3n) is 4.73. The van der Waals surface area contributed by atoms with Crippen molar-refractivity contribution in [2.45, 2.75) is 25.8 Å². The maximum Gasteiger partial charge on any atom is 0.332 e. The molecule has 1 fully saturated rings. The van der Waals surface area contributed by atoms with Gasteiger partial charge in [0.2, 0.25) is 0 Å². The van der Waals surface area contributed by atoms with Crippen LogP contribution in [0, 0.1) is 18.3 Å². The van der Waals surface area contributed by atoms with E-state index in [-0.39, 0.29) is 11.6 Å². The lowest BCUT2D eigenvalue weighted by atomic mass is 10.0. The van der Waals surface area contributed by atoms with Crippen LogP contribution in [0.15, 0.2) is 33.9 Å². The van der Waals surface area contributed by atoms with E-state index in [0.717, 1.165) is 23.0 Å². The van der Waals surface area contributed by atoms with Crippen molar-refractivity contribution in [2.24, 2.45) is 14.1 Å². The minimum atomic E-state index is -0.537. The van der Waals surface area contributed by atoms with Crippen molar-refractivity contribution in [2.75, 3.05) is 11.4 Å². The lowest BCUT2D eigenvalue weighted by Crippen LogP contribution is -2.42. The predicted molar refractivity (Wildman–Crippen MR) is 92.1 cm³/mol. The Morgan fingerprint density at radius 2 is 1.79 bits per heavy atom. The minimum Gasteiger partial charge on any atom is -0.350 e. The predicted octanol–water partition coefficient (Wildman–Crippen LogP) is 1.61. The summed E-state index contributed by atoms with van der Waals surface area (Å²) >= 11 is 0. The molecule has 0 saturated carbocycles. The molecule has 1 aromatic heterocycles. The van der Waals surface area contributed by atoms with Crippen LogP contribution in [-0.4, -0.2) is 15.7 Å². The highest BCUT2D eigenvalue weighted by molar-refractivity contribution is 5.56. The number of hydrogen-bond donors (Lipinski definition) is 0. The maximum absolute atomic E-state index is 12.3. The molecule has 6 heteroatoms. The minimum absolute atomic E-state index is 0.0265. The molecule has 6 nitrogen and oxygen atoms in total. The van der Waals surface area contributed by atoms with Gasteiger partial charge in [0.25, 0.3) is 5.56 Å². The van der Waals surface area contributed by atoms with Gasteiger partial charge in [-0.15, -0.1) is 0 Å². The molecule has 0 spiro atoms. The van der Waals surface area contributed by atoms with Gasteiger partial charge in [-0.25, -0.2) is 4.79 Å². The Labute approximate surface area is 140 Å². The molecule has 0 N–H and O–H groups in total. The second-order valence-electron chi connectivity index (χ2n) is 6.28. The van der Waals surface area contributed by atoms with Crippen LogP contribution >= 0.6 is 0 Å². The average molecular weight is 324 g/mol. The van der Waals surface area contributed by atoms with E-state index in [0.29, 0.717) is 12.4 Å². The SMILES string of the molecule is Cc1ccc(C2CCCN2c2c(C#N)c(=O)n(C)c(=O)n2C)cc1. The molecule has 1 aromatic carbocycles. The fourth-order valence-corrected chi connectivity index (χ4v) is 3.42. The quantitative estimate of drug-likeness (QED) is 0.841. The summed E-state index contributed by atoms with van der Waals surface area (Å²) in [7, 11) is 3.01. The van der Waals surface area contributed by atoms with Gasteiger partial charge in [-0.1, -0.05) is 29.8 Å². The molecule has 0 bridgehead atoms. The summed E-state index contributed by atoms with van der Waals surface area (Å²) in [4.78, 5) is 26.7. The standard InChI is InChI=1S/C18H20N4O2/c1-12-6-8-13(9-7-12)15-5-4-10-22(15)16-14(11-19)17(23)21(3)18(24)20(16)2/h6-9,15H,4-5,10H2,1-3H3. The Kier molecular flexibility index (Phi) is 4.02. The molecule has 124 valence electrons. The molecular weight excluding hydrogens is 304 g/mol. The molecule has 1 aliphatic rings. The lowest BCUT2D eigenvalue weighted by Gasteiger charge is -2.29. The summed E-state index contributed by atoms with van der Waals surface area (Å²) < 4.78 is 2.39. The molecule has 2 aromatic rings. The zero-order chi connectivity index (χ0) is 17.4. The number of rotatable bonds is 2. The normalized spacial score (nSPS) is 17.1. The van der Waals surface area contributed by atoms with Crippen molar-refractivity contribution in [1.29, 1.82) is 5.26 Å². The van der Waals surface area contributed by atoms with Gasteiger partial charge in [0, 0.05) is 20.6 Å². The summed E-state index contributed by atoms with van der Waals surface area (Å²) in [5.41, 5.74) is 1.39. The number of hydrogen-bond acceptors (Lipinski definition) is 4. The van der Waals surface area contributed by atoms with Gasteiger partial charge in [-0.2, -0.15) is 5.26 Å². The van der Waals surface area contributed by atoms with Gasteiger partial charge in [0.15, 0.2) is 5.56 Å². The highest BCUT2D eigenvalue weighted by Gasteiger charge is 2.31. The Hall–Kier alpha value is -2.81. The number of aryl methyl sites for hydroxylation is 1. The number of nitriles is 1. The third-order valence-corrected chi connectivity index (χ3v) is 4.73. The largest absolute Gasteiger partial charge is 0.350 e. The average Bonchev–Trinajstić information content (AvgIpc) is 3.05. The molecule has 0 radical (unpaired) electrons. The number of aromatic nitrogens is 2. The number of nitrogens with zero attached hydrogens (tertiary/aromatic N) is 4. The van der Waals surface area contributed by atoms with Gasteiger partial charge >= 0.3 is 5.69 Å². The van der Waals surface area contributed by atoms with Crippen molar-refractivity contribution in [3.63, 3.8) is 0 Å². The Morgan fingerprint density at radius 1 is 1.12 bits per heavy atom. The van der Waals surface area contributed by atoms with Crippen LogP contribution in [0.4, 0.5) is 5.82 Å². The van der Waals surface area contributed by atoms with E-state index in [2.05, 4.69) is 24.3 Å². The summed E-state index contributed by atoms with van der Waals surface area (Å²) in [6.07, 6.45) is 1.88. The van der Waals surface area contributed by atoms with Crippen molar-refractivity contribution in [3.05, 3.63) is 61.8 Å². The van der Waals surface area contributed by atoms with Crippen LogP contribution in [0.3, 0.4) is 0 Å². The van der Waals surface area contributed by atoms with E-state index >= 15 is 0 Å². The van der Waals surface area contributed by atoms with E-state index in [1.165, 1.54) is 17.2 Å². The van der Waals surface area contributed by atoms with Gasteiger partial charge in [-0.05, 0) is 25.3 Å². The first-order valence-electron chi connectivity index (χ1n) is 7.99. The second-order valence-corrected chi connectivity index (χ2v) is 6.28. The fourth-order valence-electron chi connectivity index (χ4n) is 3.42. The lowest BCUT2D eigenvalue weighted by molar-refractivity contribution is 0.638. The Morgan fingerprint density at radius 3 is 2.42 bits per heavy atom. The molecule has 24 heavy (non-hydrogen) atoms. The Bertz CT molecular complexity index is 932. The highest BCUT2D eigenvalue weighted by Crippen LogP contribution is 2.36. The van der Waals surface area contributed by atoms with Gasteiger partial charge in [0.1, 0.15) is 11.9 Å². The first kappa shape index (κ1) is 16.1. The topological polar surface area (TPSA) is 71.0 Å². The zero-order valence-corrected chi connectivity index (χ0v) is 14.1. The van der Waals surface area contributed by atoms with Gasteiger partial charge in [-0.3, -0.25) is 13.9 Å². The molecule has 1 aliphatic heterocycles. The molecule has 0 aliphatic carbocycles. The monoisotopic (exact) mass is 324 g/mol. The summed E-state index contributed by atoms with van der Waals surface area (Å²) in [6.45, 7) is 2.75. The molecule has 1 atom stereocenters. The number of benzene rings is 1. The molecule has 3 rings (SSSR count). The first-order chi connectivity index (χ1) is 11.5. The highest BCUT2D eigenvalue weighted by atomic mass is 16.2. The van der Waals surface area contributed by atoms with Crippen molar-refractivity contribution < 1.29 is 0 Å². The van der Waals surface area contributed by atoms with Crippen LogP contribution in [-0.2, 0) is 14.1 Å².